The molecule has 6 heteroatoms. The number of amides is 1. The van der Waals surface area contributed by atoms with Crippen LogP contribution in [0.1, 0.15) is 40.0 Å². The zero-order chi connectivity index (χ0) is 19.8. The van der Waals surface area contributed by atoms with Crippen molar-refractivity contribution in [2.45, 2.75) is 25.3 Å². The van der Waals surface area contributed by atoms with Crippen molar-refractivity contribution in [2.24, 2.45) is 0 Å². The summed E-state index contributed by atoms with van der Waals surface area (Å²) in [5.41, 5.74) is 5.82. The number of piperidine rings is 1. The van der Waals surface area contributed by atoms with Crippen molar-refractivity contribution >= 4 is 22.4 Å². The quantitative estimate of drug-likeness (QED) is 0.751. The highest BCUT2D eigenvalue weighted by atomic mass is 16.1. The normalized spacial score (nSPS) is 17.2. The maximum absolute atomic E-state index is 12.8. The highest BCUT2D eigenvalue weighted by molar-refractivity contribution is 5.97. The van der Waals surface area contributed by atoms with Gasteiger partial charge in [-0.1, -0.05) is 12.1 Å². The number of likely N-dealkylation sites (tertiary alicyclic amines) is 1. The lowest BCUT2D eigenvalue weighted by Gasteiger charge is -2.29. The predicted molar refractivity (Wildman–Crippen MR) is 113 cm³/mol. The first-order chi connectivity index (χ1) is 14.2. The lowest BCUT2D eigenvalue weighted by Crippen LogP contribution is -2.43. The van der Waals surface area contributed by atoms with E-state index in [2.05, 4.69) is 50.4 Å². The molecule has 2 aromatic heterocycles. The maximum Gasteiger partial charge on any atom is 0.253 e. The van der Waals surface area contributed by atoms with Crippen molar-refractivity contribution < 1.29 is 4.79 Å². The van der Waals surface area contributed by atoms with E-state index in [1.54, 1.807) is 12.5 Å². The SMILES string of the molecule is CN1CCC(NC(=O)c2cnc3c(c2)C(c2ccc4ncncc4c2)=CC3)CC1. The maximum atomic E-state index is 12.8. The van der Waals surface area contributed by atoms with Crippen molar-refractivity contribution in [3.8, 4) is 0 Å². The molecule has 1 amide bonds. The highest BCUT2D eigenvalue weighted by Gasteiger charge is 2.22. The fourth-order valence-corrected chi connectivity index (χ4v) is 4.17. The summed E-state index contributed by atoms with van der Waals surface area (Å²) in [4.78, 5) is 28.1. The molecule has 2 aliphatic rings. The first kappa shape index (κ1) is 17.9. The number of benzene rings is 1. The molecular formula is C23H23N5O. The van der Waals surface area contributed by atoms with Crippen LogP contribution in [-0.2, 0) is 6.42 Å². The van der Waals surface area contributed by atoms with Gasteiger partial charge >= 0.3 is 0 Å². The average molecular weight is 385 g/mol. The van der Waals surface area contributed by atoms with Crippen molar-refractivity contribution in [2.75, 3.05) is 20.1 Å². The highest BCUT2D eigenvalue weighted by Crippen LogP contribution is 2.33. The Bertz CT molecular complexity index is 1120. The number of carbonyl (C=O) groups excluding carboxylic acids is 1. The predicted octanol–water partition coefficient (Wildman–Crippen LogP) is 2.84. The summed E-state index contributed by atoms with van der Waals surface area (Å²) >= 11 is 0. The Kier molecular flexibility index (Phi) is 4.56. The molecule has 6 nitrogen and oxygen atoms in total. The number of fused-ring (bicyclic) bond motifs is 2. The van der Waals surface area contributed by atoms with Gasteiger partial charge in [0, 0.05) is 35.8 Å². The van der Waals surface area contributed by atoms with Crippen LogP contribution in [0.5, 0.6) is 0 Å². The summed E-state index contributed by atoms with van der Waals surface area (Å²) in [6.07, 6.45) is 10.0. The summed E-state index contributed by atoms with van der Waals surface area (Å²) in [6, 6.07) is 8.40. The molecule has 0 atom stereocenters. The molecule has 146 valence electrons. The molecule has 1 N–H and O–H groups in total. The van der Waals surface area contributed by atoms with E-state index in [0.29, 0.717) is 5.56 Å². The van der Waals surface area contributed by atoms with Gasteiger partial charge in [-0.2, -0.15) is 0 Å². The van der Waals surface area contributed by atoms with Crippen molar-refractivity contribution in [1.82, 2.24) is 25.2 Å². The minimum atomic E-state index is -0.0342. The molecule has 5 rings (SSSR count). The van der Waals surface area contributed by atoms with E-state index in [1.165, 1.54) is 0 Å². The lowest BCUT2D eigenvalue weighted by molar-refractivity contribution is 0.0916. The third-order valence-corrected chi connectivity index (χ3v) is 5.89. The van der Waals surface area contributed by atoms with Crippen LogP contribution in [0.2, 0.25) is 0 Å². The molecule has 0 saturated carbocycles. The number of allylic oxidation sites excluding steroid dienone is 1. The van der Waals surface area contributed by atoms with E-state index in [9.17, 15) is 4.79 Å². The molecule has 1 aliphatic carbocycles. The van der Waals surface area contributed by atoms with E-state index in [0.717, 1.165) is 65.6 Å². The van der Waals surface area contributed by atoms with Crippen LogP contribution in [0.25, 0.3) is 16.5 Å². The minimum Gasteiger partial charge on any atom is -0.349 e. The number of nitrogens with zero attached hydrogens (tertiary/aromatic N) is 4. The second kappa shape index (κ2) is 7.37. The first-order valence-electron chi connectivity index (χ1n) is 10.1. The smallest absolute Gasteiger partial charge is 0.253 e. The van der Waals surface area contributed by atoms with E-state index in [4.69, 9.17) is 0 Å². The van der Waals surface area contributed by atoms with Gasteiger partial charge in [-0.25, -0.2) is 9.97 Å². The Labute approximate surface area is 169 Å². The number of hydrogen-bond donors (Lipinski definition) is 1. The summed E-state index contributed by atoms with van der Waals surface area (Å²) in [7, 11) is 2.12. The Balaban J connectivity index is 1.40. The molecule has 3 aromatic rings. The van der Waals surface area contributed by atoms with Crippen LogP contribution in [0, 0.1) is 0 Å². The summed E-state index contributed by atoms with van der Waals surface area (Å²) in [5.74, 6) is -0.0342. The monoisotopic (exact) mass is 385 g/mol. The largest absolute Gasteiger partial charge is 0.349 e. The lowest BCUT2D eigenvalue weighted by atomic mass is 9.98. The molecule has 0 unspecified atom stereocenters. The second-order valence-corrected chi connectivity index (χ2v) is 7.89. The number of hydrogen-bond acceptors (Lipinski definition) is 5. The van der Waals surface area contributed by atoms with Crippen LogP contribution < -0.4 is 5.32 Å². The zero-order valence-electron chi connectivity index (χ0n) is 16.4. The molecule has 29 heavy (non-hydrogen) atoms. The van der Waals surface area contributed by atoms with Crippen LogP contribution >= 0.6 is 0 Å². The van der Waals surface area contributed by atoms with Gasteiger partial charge in [-0.3, -0.25) is 9.78 Å². The third-order valence-electron chi connectivity index (χ3n) is 5.89. The standard InChI is InChI=1S/C23H23N5O/c1-28-8-6-18(7-9-28)27-23(29)17-11-20-19(3-5-22(20)25-13-17)15-2-4-21-16(10-15)12-24-14-26-21/h2-4,10-14,18H,5-9H2,1H3,(H,27,29). The molecule has 1 aliphatic heterocycles. The minimum absolute atomic E-state index is 0.0342. The molecule has 3 heterocycles. The number of nitrogens with one attached hydrogen (secondary N) is 1. The van der Waals surface area contributed by atoms with Crippen molar-refractivity contribution in [3.63, 3.8) is 0 Å². The van der Waals surface area contributed by atoms with Gasteiger partial charge < -0.3 is 10.2 Å². The Morgan fingerprint density at radius 2 is 2.00 bits per heavy atom. The van der Waals surface area contributed by atoms with E-state index >= 15 is 0 Å². The van der Waals surface area contributed by atoms with Gasteiger partial charge in [-0.05, 0) is 62.3 Å². The number of carbonyl (C=O) groups is 1. The van der Waals surface area contributed by atoms with E-state index in [1.807, 2.05) is 18.3 Å². The molecule has 0 spiro atoms. The average Bonchev–Trinajstić information content (AvgIpc) is 3.18. The van der Waals surface area contributed by atoms with Gasteiger partial charge in [0.15, 0.2) is 0 Å². The fourth-order valence-electron chi connectivity index (χ4n) is 4.17. The fraction of sp³-hybridized carbons (Fsp3) is 0.304. The molecule has 0 bridgehead atoms. The second-order valence-electron chi connectivity index (χ2n) is 7.89. The van der Waals surface area contributed by atoms with E-state index < -0.39 is 0 Å². The molecule has 1 saturated heterocycles. The Morgan fingerprint density at radius 1 is 1.14 bits per heavy atom. The topological polar surface area (TPSA) is 71.0 Å². The summed E-state index contributed by atoms with van der Waals surface area (Å²) in [6.45, 7) is 2.04. The van der Waals surface area contributed by atoms with Gasteiger partial charge in [0.25, 0.3) is 5.91 Å². The van der Waals surface area contributed by atoms with Crippen LogP contribution in [-0.4, -0.2) is 51.9 Å². The van der Waals surface area contributed by atoms with Gasteiger partial charge in [-0.15, -0.1) is 0 Å². The number of aromatic nitrogens is 3. The van der Waals surface area contributed by atoms with Crippen LogP contribution in [0.4, 0.5) is 0 Å². The number of pyridine rings is 1. The van der Waals surface area contributed by atoms with Gasteiger partial charge in [0.1, 0.15) is 6.33 Å². The van der Waals surface area contributed by atoms with Gasteiger partial charge in [0.2, 0.25) is 0 Å². The zero-order valence-corrected chi connectivity index (χ0v) is 16.4. The van der Waals surface area contributed by atoms with Crippen molar-refractivity contribution in [1.29, 1.82) is 0 Å². The molecule has 1 fully saturated rings. The Morgan fingerprint density at radius 3 is 2.86 bits per heavy atom. The molecule has 0 radical (unpaired) electrons. The summed E-state index contributed by atoms with van der Waals surface area (Å²) < 4.78 is 0. The molecular weight excluding hydrogens is 362 g/mol. The third kappa shape index (κ3) is 3.51. The Hall–Kier alpha value is -3.12. The first-order valence-corrected chi connectivity index (χ1v) is 10.1. The van der Waals surface area contributed by atoms with E-state index in [-0.39, 0.29) is 11.9 Å². The summed E-state index contributed by atoms with van der Waals surface area (Å²) in [5, 5.41) is 4.19. The van der Waals surface area contributed by atoms with Crippen molar-refractivity contribution in [3.05, 3.63) is 71.4 Å². The van der Waals surface area contributed by atoms with Gasteiger partial charge in [0.05, 0.1) is 16.8 Å². The van der Waals surface area contributed by atoms with Crippen LogP contribution in [0.15, 0.2) is 49.1 Å². The molecule has 1 aromatic carbocycles. The van der Waals surface area contributed by atoms with Crippen LogP contribution in [0.3, 0.4) is 0 Å². The number of rotatable bonds is 3.